The zero-order valence-electron chi connectivity index (χ0n) is 7.69. The topological polar surface area (TPSA) is 3.24 Å². The number of rotatable bonds is 5. The van der Waals surface area contributed by atoms with Gasteiger partial charge in [-0.3, -0.25) is 4.90 Å². The van der Waals surface area contributed by atoms with Crippen LogP contribution < -0.4 is 0 Å². The van der Waals surface area contributed by atoms with E-state index < -0.39 is 6.43 Å². The van der Waals surface area contributed by atoms with Gasteiger partial charge in [0.2, 0.25) is 0 Å². The van der Waals surface area contributed by atoms with Crippen LogP contribution in [0.3, 0.4) is 0 Å². The molecule has 1 fully saturated rings. The molecule has 1 aliphatic carbocycles. The van der Waals surface area contributed by atoms with Crippen molar-refractivity contribution in [2.45, 2.75) is 38.2 Å². The fraction of sp³-hybridized carbons (Fsp3) is 1.00. The molecule has 0 aromatic heterocycles. The summed E-state index contributed by atoms with van der Waals surface area (Å²) in [5.41, 5.74) is 0. The van der Waals surface area contributed by atoms with E-state index in [0.717, 1.165) is 24.7 Å². The Balaban J connectivity index is 2.35. The average molecular weight is 256 g/mol. The molecule has 0 aromatic carbocycles. The van der Waals surface area contributed by atoms with Crippen LogP contribution in [0.1, 0.15) is 25.7 Å². The molecular formula is C9H16BrF2N. The van der Waals surface area contributed by atoms with Gasteiger partial charge in [0.25, 0.3) is 6.43 Å². The van der Waals surface area contributed by atoms with E-state index in [0.29, 0.717) is 6.04 Å². The van der Waals surface area contributed by atoms with E-state index in [4.69, 9.17) is 0 Å². The first kappa shape index (κ1) is 11.4. The minimum atomic E-state index is -2.19. The number of alkyl halides is 3. The molecule has 0 amide bonds. The first-order valence-electron chi connectivity index (χ1n) is 4.82. The van der Waals surface area contributed by atoms with Gasteiger partial charge in [0, 0.05) is 17.9 Å². The van der Waals surface area contributed by atoms with Gasteiger partial charge in [0.15, 0.2) is 0 Å². The van der Waals surface area contributed by atoms with Gasteiger partial charge in [0.1, 0.15) is 0 Å². The van der Waals surface area contributed by atoms with Gasteiger partial charge < -0.3 is 0 Å². The molecule has 0 bridgehead atoms. The summed E-state index contributed by atoms with van der Waals surface area (Å²) in [6.45, 7) is 0.686. The lowest BCUT2D eigenvalue weighted by Crippen LogP contribution is -2.38. The predicted molar refractivity (Wildman–Crippen MR) is 53.6 cm³/mol. The van der Waals surface area contributed by atoms with Crippen LogP contribution in [0.2, 0.25) is 0 Å². The third-order valence-electron chi connectivity index (χ3n) is 2.59. The van der Waals surface area contributed by atoms with E-state index in [1.165, 1.54) is 12.8 Å². The van der Waals surface area contributed by atoms with Gasteiger partial charge in [-0.15, -0.1) is 0 Å². The van der Waals surface area contributed by atoms with E-state index in [2.05, 4.69) is 15.9 Å². The highest BCUT2D eigenvalue weighted by atomic mass is 79.9. The number of hydrogen-bond donors (Lipinski definition) is 0. The molecule has 0 aromatic rings. The largest absolute Gasteiger partial charge is 0.294 e. The lowest BCUT2D eigenvalue weighted by molar-refractivity contribution is 0.0706. The summed E-state index contributed by atoms with van der Waals surface area (Å²) in [6, 6.07) is 0.409. The Morgan fingerprint density at radius 3 is 2.38 bits per heavy atom. The summed E-state index contributed by atoms with van der Waals surface area (Å²) in [5.74, 6) is 0. The number of hydrogen-bond acceptors (Lipinski definition) is 1. The Kier molecular flexibility index (Phi) is 5.17. The van der Waals surface area contributed by atoms with Crippen LogP contribution in [-0.2, 0) is 0 Å². The molecule has 0 spiro atoms. The minimum Gasteiger partial charge on any atom is -0.294 e. The van der Waals surface area contributed by atoms with Gasteiger partial charge in [-0.05, 0) is 12.8 Å². The highest BCUT2D eigenvalue weighted by Crippen LogP contribution is 2.23. The van der Waals surface area contributed by atoms with Crippen molar-refractivity contribution < 1.29 is 8.78 Å². The van der Waals surface area contributed by atoms with Crippen LogP contribution in [0.25, 0.3) is 0 Å². The third kappa shape index (κ3) is 3.90. The second kappa shape index (κ2) is 5.91. The lowest BCUT2D eigenvalue weighted by Gasteiger charge is -2.27. The molecule has 0 radical (unpaired) electrons. The summed E-state index contributed by atoms with van der Waals surface area (Å²) >= 11 is 3.30. The van der Waals surface area contributed by atoms with Crippen molar-refractivity contribution in [1.29, 1.82) is 0 Å². The van der Waals surface area contributed by atoms with Gasteiger partial charge in [-0.1, -0.05) is 28.8 Å². The minimum absolute atomic E-state index is 0.0593. The SMILES string of the molecule is FC(F)CN(CCBr)C1CCCC1. The first-order chi connectivity index (χ1) is 6.24. The van der Waals surface area contributed by atoms with E-state index >= 15 is 0 Å². The monoisotopic (exact) mass is 255 g/mol. The Hall–Kier alpha value is 0.300. The smallest absolute Gasteiger partial charge is 0.251 e. The maximum Gasteiger partial charge on any atom is 0.251 e. The van der Waals surface area contributed by atoms with E-state index in [9.17, 15) is 8.78 Å². The molecule has 0 saturated heterocycles. The van der Waals surface area contributed by atoms with Crippen molar-refractivity contribution in [3.63, 3.8) is 0 Å². The zero-order valence-corrected chi connectivity index (χ0v) is 9.27. The van der Waals surface area contributed by atoms with Crippen molar-refractivity contribution in [2.75, 3.05) is 18.4 Å². The molecule has 1 aliphatic rings. The summed E-state index contributed by atoms with van der Waals surface area (Å²) in [5, 5.41) is 0.788. The highest BCUT2D eigenvalue weighted by molar-refractivity contribution is 9.09. The van der Waals surface area contributed by atoms with Crippen molar-refractivity contribution in [3.05, 3.63) is 0 Å². The summed E-state index contributed by atoms with van der Waals surface area (Å²) < 4.78 is 24.4. The Bertz CT molecular complexity index is 138. The second-order valence-electron chi connectivity index (χ2n) is 3.51. The van der Waals surface area contributed by atoms with Crippen LogP contribution in [0.4, 0.5) is 8.78 Å². The highest BCUT2D eigenvalue weighted by Gasteiger charge is 2.23. The molecule has 0 N–H and O–H groups in total. The molecule has 78 valence electrons. The van der Waals surface area contributed by atoms with Gasteiger partial charge in [-0.25, -0.2) is 8.78 Å². The summed E-state index contributed by atoms with van der Waals surface area (Å²) in [7, 11) is 0. The second-order valence-corrected chi connectivity index (χ2v) is 4.31. The fourth-order valence-electron chi connectivity index (χ4n) is 1.98. The molecule has 0 unspecified atom stereocenters. The quantitative estimate of drug-likeness (QED) is 0.683. The van der Waals surface area contributed by atoms with Crippen molar-refractivity contribution in [3.8, 4) is 0 Å². The molecule has 1 saturated carbocycles. The molecular weight excluding hydrogens is 240 g/mol. The van der Waals surface area contributed by atoms with E-state index in [1.807, 2.05) is 4.90 Å². The maximum atomic E-state index is 12.2. The molecule has 13 heavy (non-hydrogen) atoms. The standard InChI is InChI=1S/C9H16BrF2N/c10-5-6-13(7-9(11)12)8-3-1-2-4-8/h8-9H,1-7H2. The molecule has 1 rings (SSSR count). The molecule has 0 heterocycles. The van der Waals surface area contributed by atoms with Crippen molar-refractivity contribution in [1.82, 2.24) is 4.90 Å². The first-order valence-corrected chi connectivity index (χ1v) is 5.94. The fourth-order valence-corrected chi connectivity index (χ4v) is 2.43. The van der Waals surface area contributed by atoms with Gasteiger partial charge in [0.05, 0.1) is 6.54 Å². The van der Waals surface area contributed by atoms with Gasteiger partial charge in [-0.2, -0.15) is 0 Å². The molecule has 0 atom stereocenters. The maximum absolute atomic E-state index is 12.2. The van der Waals surface area contributed by atoms with Crippen LogP contribution in [-0.4, -0.2) is 35.8 Å². The lowest BCUT2D eigenvalue weighted by atomic mass is 10.2. The average Bonchev–Trinajstić information content (AvgIpc) is 2.54. The Morgan fingerprint density at radius 1 is 1.31 bits per heavy atom. The van der Waals surface area contributed by atoms with Crippen LogP contribution in [0, 0.1) is 0 Å². The normalized spacial score (nSPS) is 19.2. The van der Waals surface area contributed by atoms with Crippen molar-refractivity contribution >= 4 is 15.9 Å². The summed E-state index contributed by atoms with van der Waals surface area (Å²) in [4.78, 5) is 1.92. The predicted octanol–water partition coefficient (Wildman–Crippen LogP) is 2.89. The summed E-state index contributed by atoms with van der Waals surface area (Å²) in [6.07, 6.45) is 2.40. The van der Waals surface area contributed by atoms with Crippen LogP contribution in [0.5, 0.6) is 0 Å². The van der Waals surface area contributed by atoms with Crippen LogP contribution >= 0.6 is 15.9 Å². The number of halogens is 3. The molecule has 0 aliphatic heterocycles. The molecule has 1 nitrogen and oxygen atoms in total. The number of nitrogens with zero attached hydrogens (tertiary/aromatic N) is 1. The zero-order chi connectivity index (χ0) is 9.68. The molecule has 4 heteroatoms. The van der Waals surface area contributed by atoms with Crippen molar-refractivity contribution in [2.24, 2.45) is 0 Å². The Morgan fingerprint density at radius 2 is 1.92 bits per heavy atom. The van der Waals surface area contributed by atoms with Crippen LogP contribution in [0.15, 0.2) is 0 Å². The van der Waals surface area contributed by atoms with E-state index in [1.54, 1.807) is 0 Å². The van der Waals surface area contributed by atoms with Gasteiger partial charge >= 0.3 is 0 Å². The Labute approximate surface area is 86.6 Å². The third-order valence-corrected chi connectivity index (χ3v) is 2.94. The van der Waals surface area contributed by atoms with E-state index in [-0.39, 0.29) is 6.54 Å².